The lowest BCUT2D eigenvalue weighted by Gasteiger charge is -2.08. The molecular formula is C14H15N3. The normalized spacial score (nSPS) is 11.7. The molecule has 0 saturated heterocycles. The van der Waals surface area contributed by atoms with Crippen LogP contribution in [0.25, 0.3) is 21.7 Å². The second-order valence-electron chi connectivity index (χ2n) is 4.64. The van der Waals surface area contributed by atoms with Gasteiger partial charge in [-0.1, -0.05) is 12.1 Å². The summed E-state index contributed by atoms with van der Waals surface area (Å²) in [6.07, 6.45) is 5.85. The van der Waals surface area contributed by atoms with Crippen molar-refractivity contribution < 1.29 is 0 Å². The van der Waals surface area contributed by atoms with Crippen molar-refractivity contribution in [3.63, 3.8) is 0 Å². The van der Waals surface area contributed by atoms with Crippen LogP contribution in [0, 0.1) is 0 Å². The van der Waals surface area contributed by atoms with Crippen molar-refractivity contribution in [2.24, 2.45) is 0 Å². The Morgan fingerprint density at radius 1 is 1.18 bits per heavy atom. The standard InChI is InChI=1S/C14H15N3/c1-17(2)9-11-8-16-14-12(11)4-3-10-7-15-6-5-13(10)14/h3-8,16H,9H2,1-2H3. The van der Waals surface area contributed by atoms with Crippen LogP contribution < -0.4 is 0 Å². The second-order valence-corrected chi connectivity index (χ2v) is 4.64. The van der Waals surface area contributed by atoms with Gasteiger partial charge in [0.25, 0.3) is 0 Å². The number of nitrogens with one attached hydrogen (secondary N) is 1. The van der Waals surface area contributed by atoms with E-state index < -0.39 is 0 Å². The van der Waals surface area contributed by atoms with E-state index in [-0.39, 0.29) is 0 Å². The summed E-state index contributed by atoms with van der Waals surface area (Å²) in [4.78, 5) is 9.71. The average Bonchev–Trinajstić information content (AvgIpc) is 2.72. The first-order valence-corrected chi connectivity index (χ1v) is 5.73. The lowest BCUT2D eigenvalue weighted by atomic mass is 10.1. The summed E-state index contributed by atoms with van der Waals surface area (Å²) in [7, 11) is 4.17. The molecule has 0 atom stereocenters. The smallest absolute Gasteiger partial charge is 0.0538 e. The van der Waals surface area contributed by atoms with Crippen LogP contribution in [0.3, 0.4) is 0 Å². The third-order valence-electron chi connectivity index (χ3n) is 3.04. The predicted molar refractivity (Wildman–Crippen MR) is 71.0 cm³/mol. The lowest BCUT2D eigenvalue weighted by molar-refractivity contribution is 0.404. The first-order valence-electron chi connectivity index (χ1n) is 5.73. The van der Waals surface area contributed by atoms with Crippen LogP contribution in [0.15, 0.2) is 36.8 Å². The van der Waals surface area contributed by atoms with Crippen molar-refractivity contribution in [2.75, 3.05) is 14.1 Å². The largest absolute Gasteiger partial charge is 0.360 e. The van der Waals surface area contributed by atoms with Gasteiger partial charge in [-0.05, 0) is 25.7 Å². The quantitative estimate of drug-likeness (QED) is 0.727. The molecule has 2 aromatic heterocycles. The molecule has 3 aromatic rings. The number of hydrogen-bond donors (Lipinski definition) is 1. The number of H-pyrrole nitrogens is 1. The Balaban J connectivity index is 2.27. The number of nitrogens with zero attached hydrogens (tertiary/aromatic N) is 2. The zero-order valence-corrected chi connectivity index (χ0v) is 10.1. The first kappa shape index (κ1) is 10.3. The maximum absolute atomic E-state index is 4.15. The van der Waals surface area contributed by atoms with Crippen LogP contribution in [0.4, 0.5) is 0 Å². The Morgan fingerprint density at radius 3 is 2.88 bits per heavy atom. The van der Waals surface area contributed by atoms with Crippen LogP contribution in [0.5, 0.6) is 0 Å². The monoisotopic (exact) mass is 225 g/mol. The molecule has 0 saturated carbocycles. The Kier molecular flexibility index (Phi) is 2.34. The van der Waals surface area contributed by atoms with Gasteiger partial charge in [-0.25, -0.2) is 0 Å². The maximum Gasteiger partial charge on any atom is 0.0538 e. The minimum atomic E-state index is 0.955. The van der Waals surface area contributed by atoms with E-state index in [9.17, 15) is 0 Å². The molecule has 0 aliphatic rings. The Labute approximate surface area is 100 Å². The second kappa shape index (κ2) is 3.86. The highest BCUT2D eigenvalue weighted by molar-refractivity contribution is 6.06. The number of benzene rings is 1. The van der Waals surface area contributed by atoms with Gasteiger partial charge in [0.1, 0.15) is 0 Å². The number of fused-ring (bicyclic) bond motifs is 3. The van der Waals surface area contributed by atoms with Gasteiger partial charge in [0.15, 0.2) is 0 Å². The highest BCUT2D eigenvalue weighted by Crippen LogP contribution is 2.26. The zero-order chi connectivity index (χ0) is 11.8. The molecule has 2 heterocycles. The minimum Gasteiger partial charge on any atom is -0.360 e. The minimum absolute atomic E-state index is 0.955. The Bertz CT molecular complexity index is 667. The van der Waals surface area contributed by atoms with E-state index in [1.165, 1.54) is 27.2 Å². The SMILES string of the molecule is CN(C)Cc1c[nH]c2c1ccc1cnccc12. The van der Waals surface area contributed by atoms with E-state index in [4.69, 9.17) is 0 Å². The van der Waals surface area contributed by atoms with Gasteiger partial charge < -0.3 is 9.88 Å². The molecule has 0 amide bonds. The molecule has 0 unspecified atom stereocenters. The molecule has 0 radical (unpaired) electrons. The summed E-state index contributed by atoms with van der Waals surface area (Å²) in [5.74, 6) is 0. The number of aromatic nitrogens is 2. The first-order chi connectivity index (χ1) is 8.25. The fourth-order valence-electron chi connectivity index (χ4n) is 2.30. The molecule has 1 N–H and O–H groups in total. The van der Waals surface area contributed by atoms with E-state index >= 15 is 0 Å². The van der Waals surface area contributed by atoms with Crippen LogP contribution in [-0.4, -0.2) is 29.0 Å². The maximum atomic E-state index is 4.15. The molecule has 0 fully saturated rings. The summed E-state index contributed by atoms with van der Waals surface area (Å²) in [6.45, 7) is 0.955. The van der Waals surface area contributed by atoms with Gasteiger partial charge in [0.05, 0.1) is 5.52 Å². The van der Waals surface area contributed by atoms with Crippen molar-refractivity contribution in [1.29, 1.82) is 0 Å². The van der Waals surface area contributed by atoms with E-state index in [1.807, 2.05) is 12.4 Å². The molecule has 3 nitrogen and oxygen atoms in total. The van der Waals surface area contributed by atoms with Crippen molar-refractivity contribution in [2.45, 2.75) is 6.54 Å². The van der Waals surface area contributed by atoms with Gasteiger partial charge in [-0.2, -0.15) is 0 Å². The molecule has 0 aliphatic carbocycles. The lowest BCUT2D eigenvalue weighted by Crippen LogP contribution is -2.09. The van der Waals surface area contributed by atoms with E-state index in [2.05, 4.69) is 53.4 Å². The molecule has 1 aromatic carbocycles. The summed E-state index contributed by atoms with van der Waals surface area (Å²) < 4.78 is 0. The van der Waals surface area contributed by atoms with E-state index in [1.54, 1.807) is 0 Å². The Morgan fingerprint density at radius 2 is 2.06 bits per heavy atom. The Hall–Kier alpha value is -1.87. The van der Waals surface area contributed by atoms with Crippen LogP contribution in [0.1, 0.15) is 5.56 Å². The van der Waals surface area contributed by atoms with Crippen molar-refractivity contribution in [3.05, 3.63) is 42.4 Å². The summed E-state index contributed by atoms with van der Waals surface area (Å²) in [5.41, 5.74) is 2.55. The average molecular weight is 225 g/mol. The van der Waals surface area contributed by atoms with Gasteiger partial charge in [0, 0.05) is 41.3 Å². The molecule has 3 rings (SSSR count). The van der Waals surface area contributed by atoms with Gasteiger partial charge >= 0.3 is 0 Å². The molecule has 0 spiro atoms. The molecule has 17 heavy (non-hydrogen) atoms. The number of hydrogen-bond acceptors (Lipinski definition) is 2. The number of aromatic amines is 1. The fourth-order valence-corrected chi connectivity index (χ4v) is 2.30. The van der Waals surface area contributed by atoms with Crippen LogP contribution >= 0.6 is 0 Å². The summed E-state index contributed by atoms with van der Waals surface area (Å²) in [5, 5.41) is 3.72. The molecule has 0 aliphatic heterocycles. The molecule has 3 heteroatoms. The third kappa shape index (κ3) is 1.68. The third-order valence-corrected chi connectivity index (χ3v) is 3.04. The van der Waals surface area contributed by atoms with E-state index in [0.29, 0.717) is 0 Å². The predicted octanol–water partition coefficient (Wildman–Crippen LogP) is 2.78. The number of pyridine rings is 1. The fraction of sp³-hybridized carbons (Fsp3) is 0.214. The van der Waals surface area contributed by atoms with Crippen molar-refractivity contribution in [1.82, 2.24) is 14.9 Å². The van der Waals surface area contributed by atoms with E-state index in [0.717, 1.165) is 6.54 Å². The van der Waals surface area contributed by atoms with Crippen molar-refractivity contribution in [3.8, 4) is 0 Å². The number of rotatable bonds is 2. The van der Waals surface area contributed by atoms with Gasteiger partial charge in [-0.3, -0.25) is 4.98 Å². The van der Waals surface area contributed by atoms with Crippen molar-refractivity contribution >= 4 is 21.7 Å². The van der Waals surface area contributed by atoms with Gasteiger partial charge in [0.2, 0.25) is 0 Å². The highest BCUT2D eigenvalue weighted by atomic mass is 15.0. The summed E-state index contributed by atoms with van der Waals surface area (Å²) in [6, 6.07) is 6.37. The highest BCUT2D eigenvalue weighted by Gasteiger charge is 2.07. The molecule has 86 valence electrons. The molecule has 0 bridgehead atoms. The molecular weight excluding hydrogens is 210 g/mol. The van der Waals surface area contributed by atoms with Crippen LogP contribution in [0.2, 0.25) is 0 Å². The van der Waals surface area contributed by atoms with Gasteiger partial charge in [-0.15, -0.1) is 0 Å². The topological polar surface area (TPSA) is 31.9 Å². The summed E-state index contributed by atoms with van der Waals surface area (Å²) >= 11 is 0. The zero-order valence-electron chi connectivity index (χ0n) is 10.1. The van der Waals surface area contributed by atoms with Crippen LogP contribution in [-0.2, 0) is 6.54 Å².